The normalized spacial score (nSPS) is 12.9. The largest absolute Gasteiger partial charge is 0.317 e. The summed E-state index contributed by atoms with van der Waals surface area (Å²) < 4.78 is 0. The number of hydrogen-bond acceptors (Lipinski definition) is 1. The molecule has 1 nitrogen and oxygen atoms in total. The Bertz CT molecular complexity index is 68.6. The van der Waals surface area contributed by atoms with Crippen LogP contribution in [0.25, 0.3) is 0 Å². The van der Waals surface area contributed by atoms with Crippen LogP contribution in [0.15, 0.2) is 0 Å². The Kier molecular flexibility index (Phi) is 11.6. The molecule has 1 unspecified atom stereocenters. The molecule has 2 radical (unpaired) electrons. The summed E-state index contributed by atoms with van der Waals surface area (Å²) in [6.45, 7) is 9.13. The van der Waals surface area contributed by atoms with E-state index in [0.717, 1.165) is 0 Å². The van der Waals surface area contributed by atoms with Gasteiger partial charge >= 0.3 is 0 Å². The Labute approximate surface area is 91.8 Å². The third-order valence-electron chi connectivity index (χ3n) is 1.42. The number of nitrogens with one attached hydrogen (secondary N) is 1. The molecule has 0 rings (SSSR count). The van der Waals surface area contributed by atoms with Crippen LogP contribution in [-0.2, 0) is 32.7 Å². The van der Waals surface area contributed by atoms with Gasteiger partial charge in [-0.15, -0.1) is 0 Å². The minimum absolute atomic E-state index is 0. The van der Waals surface area contributed by atoms with Gasteiger partial charge < -0.3 is 5.32 Å². The molecule has 0 aromatic heterocycles. The summed E-state index contributed by atoms with van der Waals surface area (Å²) in [6.07, 6.45) is 2.49. The molecule has 10 heavy (non-hydrogen) atoms. The van der Waals surface area contributed by atoms with E-state index in [-0.39, 0.29) is 41.5 Å². The minimum Gasteiger partial charge on any atom is -0.317 e. The summed E-state index contributed by atoms with van der Waals surface area (Å²) in [4.78, 5) is 0. The summed E-state index contributed by atoms with van der Waals surface area (Å²) in [7, 11) is -0.0508. The van der Waals surface area contributed by atoms with Crippen LogP contribution in [0.1, 0.15) is 20.3 Å². The third-order valence-corrected chi connectivity index (χ3v) is 2.33. The summed E-state index contributed by atoms with van der Waals surface area (Å²) in [6, 6.07) is 0.713. The first kappa shape index (κ1) is 13.8. The third kappa shape index (κ3) is 9.28. The van der Waals surface area contributed by atoms with Gasteiger partial charge in [-0.25, -0.2) is 0 Å². The van der Waals surface area contributed by atoms with Crippen molar-refractivity contribution in [3.8, 4) is 0 Å². The Morgan fingerprint density at radius 3 is 2.20 bits per heavy atom. The first-order valence-electron chi connectivity index (χ1n) is 3.69. The van der Waals surface area contributed by atoms with Crippen LogP contribution in [0.3, 0.4) is 0 Å². The number of rotatable bonds is 4. The van der Waals surface area contributed by atoms with Gasteiger partial charge in [-0.3, -0.25) is 0 Å². The molecule has 0 aliphatic heterocycles. The predicted octanol–water partition coefficient (Wildman–Crippen LogP) is 1.67. The first-order chi connectivity index (χ1) is 4.16. The minimum atomic E-state index is -0.0508. The fourth-order valence-electron chi connectivity index (χ4n) is 0.523. The molecular weight excluding hydrogens is 215 g/mol. The number of hydrogen-bond donors (Lipinski definition) is 1. The van der Waals surface area contributed by atoms with Gasteiger partial charge in [0.05, 0.1) is 8.80 Å². The first-order valence-corrected chi connectivity index (χ1v) is 6.40. The van der Waals surface area contributed by atoms with Crippen molar-refractivity contribution in [3.63, 3.8) is 0 Å². The van der Waals surface area contributed by atoms with Crippen LogP contribution in [-0.4, -0.2) is 21.0 Å². The molecule has 0 saturated heterocycles. The van der Waals surface area contributed by atoms with Gasteiger partial charge in [0.1, 0.15) is 0 Å². The molecule has 0 heterocycles. The van der Waals surface area contributed by atoms with Gasteiger partial charge in [0, 0.05) is 38.8 Å². The summed E-state index contributed by atoms with van der Waals surface area (Å²) in [5.74, 6) is 0. The van der Waals surface area contributed by atoms with Crippen LogP contribution in [0.2, 0.25) is 13.1 Å². The SMILES string of the molecule is CCC(C)NC[Si](C)C.[Y]. The molecule has 0 aliphatic rings. The molecule has 0 aromatic carbocycles. The van der Waals surface area contributed by atoms with Crippen molar-refractivity contribution in [2.24, 2.45) is 0 Å². The fraction of sp³-hybridized carbons (Fsp3) is 1.00. The van der Waals surface area contributed by atoms with Gasteiger partial charge in [-0.2, -0.15) is 0 Å². The van der Waals surface area contributed by atoms with E-state index < -0.39 is 0 Å². The molecule has 0 saturated carbocycles. The van der Waals surface area contributed by atoms with E-state index in [4.69, 9.17) is 0 Å². The van der Waals surface area contributed by atoms with Crippen molar-refractivity contribution in [2.75, 3.05) is 6.17 Å². The molecule has 0 aliphatic carbocycles. The zero-order valence-corrected chi connectivity index (χ0v) is 11.4. The fourth-order valence-corrected chi connectivity index (χ4v) is 1.28. The van der Waals surface area contributed by atoms with Gasteiger partial charge in [0.15, 0.2) is 0 Å². The van der Waals surface area contributed by atoms with Gasteiger partial charge in [0.25, 0.3) is 0 Å². The Morgan fingerprint density at radius 2 is 1.90 bits per heavy atom. The molecule has 3 heteroatoms. The second-order valence-electron chi connectivity index (χ2n) is 2.90. The standard InChI is InChI=1S/C7H18NSi.Y/c1-5-7(2)8-6-9(3)4;/h7-8H,5-6H2,1-4H3;. The smallest absolute Gasteiger partial charge is 0.0581 e. The van der Waals surface area contributed by atoms with Gasteiger partial charge in [-0.1, -0.05) is 20.0 Å². The van der Waals surface area contributed by atoms with E-state index in [0.29, 0.717) is 6.04 Å². The van der Waals surface area contributed by atoms with Crippen LogP contribution in [0.5, 0.6) is 0 Å². The molecule has 0 amide bonds. The van der Waals surface area contributed by atoms with Crippen molar-refractivity contribution in [3.05, 3.63) is 0 Å². The van der Waals surface area contributed by atoms with E-state index >= 15 is 0 Å². The topological polar surface area (TPSA) is 12.0 Å². The van der Waals surface area contributed by atoms with Crippen LogP contribution in [0.4, 0.5) is 0 Å². The maximum atomic E-state index is 3.48. The molecule has 1 atom stereocenters. The van der Waals surface area contributed by atoms with E-state index in [1.807, 2.05) is 0 Å². The van der Waals surface area contributed by atoms with Crippen molar-refractivity contribution in [1.82, 2.24) is 5.32 Å². The molecular formula is C7H18NSiY. The van der Waals surface area contributed by atoms with E-state index in [9.17, 15) is 0 Å². The molecule has 1 N–H and O–H groups in total. The van der Waals surface area contributed by atoms with Gasteiger partial charge in [0.2, 0.25) is 0 Å². The van der Waals surface area contributed by atoms with Crippen molar-refractivity contribution >= 4 is 8.80 Å². The quantitative estimate of drug-likeness (QED) is 0.728. The summed E-state index contributed by atoms with van der Waals surface area (Å²) in [5.41, 5.74) is 0. The second kappa shape index (κ2) is 8.38. The maximum absolute atomic E-state index is 3.48. The summed E-state index contributed by atoms with van der Waals surface area (Å²) >= 11 is 0. The second-order valence-corrected chi connectivity index (χ2v) is 5.67. The van der Waals surface area contributed by atoms with Gasteiger partial charge in [-0.05, 0) is 19.5 Å². The predicted molar refractivity (Wildman–Crippen MR) is 45.2 cm³/mol. The van der Waals surface area contributed by atoms with Crippen molar-refractivity contribution in [1.29, 1.82) is 0 Å². The molecule has 0 spiro atoms. The monoisotopic (exact) mass is 233 g/mol. The molecule has 0 aromatic rings. The van der Waals surface area contributed by atoms with E-state index in [1.165, 1.54) is 12.6 Å². The van der Waals surface area contributed by atoms with E-state index in [1.54, 1.807) is 0 Å². The maximum Gasteiger partial charge on any atom is 0.0581 e. The Hall–Kier alpha value is 1.28. The van der Waals surface area contributed by atoms with E-state index in [2.05, 4.69) is 32.3 Å². The van der Waals surface area contributed by atoms with Crippen LogP contribution >= 0.6 is 0 Å². The molecule has 0 bridgehead atoms. The molecule has 58 valence electrons. The average molecular weight is 233 g/mol. The summed E-state index contributed by atoms with van der Waals surface area (Å²) in [5, 5.41) is 3.48. The Morgan fingerprint density at radius 1 is 1.40 bits per heavy atom. The molecule has 0 fully saturated rings. The zero-order chi connectivity index (χ0) is 7.28. The zero-order valence-electron chi connectivity index (χ0n) is 7.57. The van der Waals surface area contributed by atoms with Crippen molar-refractivity contribution in [2.45, 2.75) is 39.4 Å². The van der Waals surface area contributed by atoms with Crippen LogP contribution < -0.4 is 5.32 Å². The van der Waals surface area contributed by atoms with Crippen LogP contribution in [0, 0.1) is 0 Å². The average Bonchev–Trinajstić information content (AvgIpc) is 1.83. The van der Waals surface area contributed by atoms with Crippen molar-refractivity contribution < 1.29 is 32.7 Å². The Balaban J connectivity index is 0.